The molecule has 1 aliphatic rings. The number of para-hydroxylation sites is 1. The van der Waals surface area contributed by atoms with E-state index in [9.17, 15) is 9.59 Å². The third-order valence-electron chi connectivity index (χ3n) is 5.53. The van der Waals surface area contributed by atoms with Crippen LogP contribution in [0.3, 0.4) is 0 Å². The minimum absolute atomic E-state index is 0.100. The van der Waals surface area contributed by atoms with Crippen molar-refractivity contribution in [3.63, 3.8) is 0 Å². The van der Waals surface area contributed by atoms with Crippen LogP contribution in [0.5, 0.6) is 0 Å². The fraction of sp³-hybridized carbons (Fsp3) is 0.348. The molecule has 1 aliphatic heterocycles. The Morgan fingerprint density at radius 1 is 1.17 bits per heavy atom. The summed E-state index contributed by atoms with van der Waals surface area (Å²) in [5.74, 6) is 0.378. The number of halogens is 1. The van der Waals surface area contributed by atoms with Gasteiger partial charge >= 0.3 is 0 Å². The van der Waals surface area contributed by atoms with Crippen LogP contribution in [-0.2, 0) is 11.3 Å². The molecule has 5 nitrogen and oxygen atoms in total. The van der Waals surface area contributed by atoms with E-state index in [0.29, 0.717) is 27.6 Å². The van der Waals surface area contributed by atoms with Gasteiger partial charge in [-0.15, -0.1) is 0 Å². The van der Waals surface area contributed by atoms with Gasteiger partial charge in [-0.1, -0.05) is 47.6 Å². The number of rotatable bonds is 5. The van der Waals surface area contributed by atoms with Crippen LogP contribution in [-0.4, -0.2) is 38.7 Å². The predicted octanol–water partition coefficient (Wildman–Crippen LogP) is 4.59. The molecule has 1 amide bonds. The molecule has 4 rings (SSSR count). The van der Waals surface area contributed by atoms with Crippen molar-refractivity contribution in [2.24, 2.45) is 0 Å². The largest absolute Gasteiger partial charge is 0.339 e. The molecule has 1 saturated heterocycles. The normalized spacial score (nSPS) is 16.7. The van der Waals surface area contributed by atoms with Gasteiger partial charge in [0.25, 0.3) is 5.56 Å². The molecule has 156 valence electrons. The number of carbonyl (C=O) groups excluding carboxylic acids is 1. The Labute approximate surface area is 185 Å². The maximum Gasteiger partial charge on any atom is 0.262 e. The quantitative estimate of drug-likeness (QED) is 0.429. The van der Waals surface area contributed by atoms with E-state index >= 15 is 0 Å². The zero-order valence-electron chi connectivity index (χ0n) is 16.9. The smallest absolute Gasteiger partial charge is 0.262 e. The molecule has 30 heavy (non-hydrogen) atoms. The fourth-order valence-electron chi connectivity index (χ4n) is 3.85. The van der Waals surface area contributed by atoms with Gasteiger partial charge in [0.05, 0.1) is 23.2 Å². The highest BCUT2D eigenvalue weighted by atomic mass is 35.5. The lowest BCUT2D eigenvalue weighted by atomic mass is 10.0. The first-order valence-electron chi connectivity index (χ1n) is 10.2. The summed E-state index contributed by atoms with van der Waals surface area (Å²) >= 11 is 7.34. The van der Waals surface area contributed by atoms with Crippen LogP contribution in [0, 0.1) is 0 Å². The molecule has 0 spiro atoms. The topological polar surface area (TPSA) is 55.2 Å². The number of amides is 1. The minimum atomic E-state index is -0.100. The van der Waals surface area contributed by atoms with Crippen LogP contribution in [0.1, 0.15) is 31.7 Å². The monoisotopic (exact) mass is 441 g/mol. The maximum atomic E-state index is 13.2. The standard InChI is InChI=1S/C23H24ClN3O2S/c1-16-6-4-5-13-26(16)21(28)15-30-23-25-20-8-3-2-7-19(20)22(29)27(23)14-17-9-11-18(24)12-10-17/h2-3,7-12,16H,4-6,13-15H2,1H3/t16-/m0/s1. The second-order valence-electron chi connectivity index (χ2n) is 7.65. The summed E-state index contributed by atoms with van der Waals surface area (Å²) in [5, 5.41) is 1.79. The van der Waals surface area contributed by atoms with Crippen LogP contribution < -0.4 is 5.56 Å². The molecular formula is C23H24ClN3O2S. The Hall–Kier alpha value is -2.31. The van der Waals surface area contributed by atoms with Crippen LogP contribution in [0.2, 0.25) is 5.02 Å². The predicted molar refractivity (Wildman–Crippen MR) is 122 cm³/mol. The van der Waals surface area contributed by atoms with E-state index in [1.165, 1.54) is 18.2 Å². The highest BCUT2D eigenvalue weighted by Gasteiger charge is 2.23. The molecule has 1 fully saturated rings. The number of piperidine rings is 1. The van der Waals surface area contributed by atoms with E-state index in [2.05, 4.69) is 6.92 Å². The molecule has 0 N–H and O–H groups in total. The average Bonchev–Trinajstić information content (AvgIpc) is 2.76. The van der Waals surface area contributed by atoms with E-state index in [4.69, 9.17) is 16.6 Å². The van der Waals surface area contributed by atoms with Crippen molar-refractivity contribution in [2.45, 2.75) is 43.9 Å². The van der Waals surface area contributed by atoms with Gasteiger partial charge in [0.1, 0.15) is 0 Å². The lowest BCUT2D eigenvalue weighted by Crippen LogP contribution is -2.43. The van der Waals surface area contributed by atoms with Gasteiger partial charge in [-0.3, -0.25) is 14.2 Å². The van der Waals surface area contributed by atoms with Gasteiger partial charge in [0.15, 0.2) is 5.16 Å². The molecule has 2 heterocycles. The van der Waals surface area contributed by atoms with Crippen molar-refractivity contribution in [1.82, 2.24) is 14.5 Å². The summed E-state index contributed by atoms with van der Waals surface area (Å²) in [6.07, 6.45) is 3.27. The van der Waals surface area contributed by atoms with Crippen molar-refractivity contribution < 1.29 is 4.79 Å². The van der Waals surface area contributed by atoms with Crippen LogP contribution in [0.4, 0.5) is 0 Å². The SMILES string of the molecule is C[C@H]1CCCCN1C(=O)CSc1nc2ccccc2c(=O)n1Cc1ccc(Cl)cc1. The zero-order valence-corrected chi connectivity index (χ0v) is 18.5. The fourth-order valence-corrected chi connectivity index (χ4v) is 4.86. The summed E-state index contributed by atoms with van der Waals surface area (Å²) in [4.78, 5) is 32.7. The molecule has 7 heteroatoms. The van der Waals surface area contributed by atoms with Crippen molar-refractivity contribution in [1.29, 1.82) is 0 Å². The van der Waals surface area contributed by atoms with Crippen molar-refractivity contribution in [3.8, 4) is 0 Å². The molecule has 1 aromatic heterocycles. The van der Waals surface area contributed by atoms with Crippen LogP contribution >= 0.6 is 23.4 Å². The summed E-state index contributed by atoms with van der Waals surface area (Å²) in [5.41, 5.74) is 1.50. The molecule has 1 atom stereocenters. The first-order valence-corrected chi connectivity index (χ1v) is 11.6. The summed E-state index contributed by atoms with van der Waals surface area (Å²) < 4.78 is 1.66. The number of thioether (sulfide) groups is 1. The van der Waals surface area contributed by atoms with Crippen LogP contribution in [0.15, 0.2) is 58.5 Å². The average molecular weight is 442 g/mol. The summed E-state index contributed by atoms with van der Waals surface area (Å²) in [7, 11) is 0. The number of nitrogens with zero attached hydrogens (tertiary/aromatic N) is 3. The highest BCUT2D eigenvalue weighted by molar-refractivity contribution is 7.99. The Morgan fingerprint density at radius 2 is 1.93 bits per heavy atom. The second kappa shape index (κ2) is 9.23. The van der Waals surface area contributed by atoms with E-state index in [1.54, 1.807) is 10.6 Å². The third-order valence-corrected chi connectivity index (χ3v) is 6.74. The van der Waals surface area contributed by atoms with Crippen LogP contribution in [0.25, 0.3) is 10.9 Å². The molecular weight excluding hydrogens is 418 g/mol. The van der Waals surface area contributed by atoms with E-state index in [-0.39, 0.29) is 23.3 Å². The van der Waals surface area contributed by atoms with Crippen molar-refractivity contribution in [2.75, 3.05) is 12.3 Å². The zero-order chi connectivity index (χ0) is 21.1. The molecule has 0 unspecified atom stereocenters. The molecule has 3 aromatic rings. The lowest BCUT2D eigenvalue weighted by Gasteiger charge is -2.33. The Kier molecular flexibility index (Phi) is 6.44. The second-order valence-corrected chi connectivity index (χ2v) is 9.03. The molecule has 0 saturated carbocycles. The maximum absolute atomic E-state index is 13.2. The minimum Gasteiger partial charge on any atom is -0.339 e. The molecule has 2 aromatic carbocycles. The van der Waals surface area contributed by atoms with Gasteiger partial charge in [0.2, 0.25) is 5.91 Å². The number of carbonyl (C=O) groups is 1. The number of hydrogen-bond donors (Lipinski definition) is 0. The molecule has 0 radical (unpaired) electrons. The number of aromatic nitrogens is 2. The van der Waals surface area contributed by atoms with Crippen molar-refractivity contribution in [3.05, 3.63) is 69.5 Å². The van der Waals surface area contributed by atoms with Gasteiger partial charge in [-0.05, 0) is 56.0 Å². The summed E-state index contributed by atoms with van der Waals surface area (Å²) in [6.45, 7) is 3.29. The number of likely N-dealkylation sites (tertiary alicyclic amines) is 1. The lowest BCUT2D eigenvalue weighted by molar-refractivity contribution is -0.131. The van der Waals surface area contributed by atoms with Gasteiger partial charge < -0.3 is 4.90 Å². The Morgan fingerprint density at radius 3 is 2.70 bits per heavy atom. The number of fused-ring (bicyclic) bond motifs is 1. The first-order chi connectivity index (χ1) is 14.5. The Bertz CT molecular complexity index is 1110. The molecule has 0 bridgehead atoms. The van der Waals surface area contributed by atoms with E-state index in [1.807, 2.05) is 47.4 Å². The molecule has 0 aliphatic carbocycles. The first kappa shape index (κ1) is 20.9. The third kappa shape index (κ3) is 4.55. The van der Waals surface area contributed by atoms with Gasteiger partial charge in [-0.25, -0.2) is 4.98 Å². The number of benzene rings is 2. The van der Waals surface area contributed by atoms with Gasteiger partial charge in [-0.2, -0.15) is 0 Å². The summed E-state index contributed by atoms with van der Waals surface area (Å²) in [6, 6.07) is 15.0. The highest BCUT2D eigenvalue weighted by Crippen LogP contribution is 2.22. The van der Waals surface area contributed by atoms with Gasteiger partial charge in [0, 0.05) is 17.6 Å². The number of hydrogen-bond acceptors (Lipinski definition) is 4. The van der Waals surface area contributed by atoms with E-state index < -0.39 is 0 Å². The van der Waals surface area contributed by atoms with Crippen molar-refractivity contribution >= 4 is 40.2 Å². The van der Waals surface area contributed by atoms with E-state index in [0.717, 1.165) is 24.9 Å². The Balaban J connectivity index is 1.64.